The van der Waals surface area contributed by atoms with Crippen molar-refractivity contribution in [2.24, 2.45) is 5.92 Å². The molecule has 110 valence electrons. The molecular formula is C16H23NO2S. The number of hydrogen-bond donors (Lipinski definition) is 0. The molecular weight excluding hydrogens is 270 g/mol. The molecule has 1 aromatic rings. The van der Waals surface area contributed by atoms with Gasteiger partial charge in [-0.25, -0.2) is 0 Å². The van der Waals surface area contributed by atoms with Gasteiger partial charge in [-0.15, -0.1) is 0 Å². The SMILES string of the molecule is O=S(CCN(CC1CCOC1)C1CC1)c1ccccc1. The van der Waals surface area contributed by atoms with Gasteiger partial charge in [0.25, 0.3) is 0 Å². The monoisotopic (exact) mass is 293 g/mol. The van der Waals surface area contributed by atoms with Crippen molar-refractivity contribution >= 4 is 10.8 Å². The van der Waals surface area contributed by atoms with Crippen LogP contribution in [0.25, 0.3) is 0 Å². The lowest BCUT2D eigenvalue weighted by Crippen LogP contribution is -2.35. The number of rotatable bonds is 7. The van der Waals surface area contributed by atoms with Crippen LogP contribution >= 0.6 is 0 Å². The Labute approximate surface area is 123 Å². The summed E-state index contributed by atoms with van der Waals surface area (Å²) in [5.41, 5.74) is 0. The highest BCUT2D eigenvalue weighted by molar-refractivity contribution is 7.85. The van der Waals surface area contributed by atoms with Gasteiger partial charge < -0.3 is 4.74 Å². The van der Waals surface area contributed by atoms with E-state index < -0.39 is 10.8 Å². The fraction of sp³-hybridized carbons (Fsp3) is 0.625. The summed E-state index contributed by atoms with van der Waals surface area (Å²) in [7, 11) is -0.869. The van der Waals surface area contributed by atoms with Gasteiger partial charge >= 0.3 is 0 Å². The molecule has 1 aromatic carbocycles. The van der Waals surface area contributed by atoms with E-state index in [4.69, 9.17) is 4.74 Å². The van der Waals surface area contributed by atoms with Gasteiger partial charge in [-0.05, 0) is 37.3 Å². The molecule has 1 saturated carbocycles. The molecule has 1 aliphatic heterocycles. The second kappa shape index (κ2) is 6.83. The van der Waals surface area contributed by atoms with Crippen LogP contribution in [0.3, 0.4) is 0 Å². The number of nitrogens with zero attached hydrogens (tertiary/aromatic N) is 1. The Balaban J connectivity index is 1.50. The van der Waals surface area contributed by atoms with Crippen molar-refractivity contribution in [1.29, 1.82) is 0 Å². The van der Waals surface area contributed by atoms with E-state index in [1.54, 1.807) is 0 Å². The average molecular weight is 293 g/mol. The average Bonchev–Trinajstić information content (AvgIpc) is 3.21. The number of benzene rings is 1. The summed E-state index contributed by atoms with van der Waals surface area (Å²) in [4.78, 5) is 3.49. The molecule has 20 heavy (non-hydrogen) atoms. The lowest BCUT2D eigenvalue weighted by molar-refractivity contribution is 0.167. The zero-order valence-corrected chi connectivity index (χ0v) is 12.7. The molecule has 3 nitrogen and oxygen atoms in total. The minimum absolute atomic E-state index is 0.681. The van der Waals surface area contributed by atoms with Crippen molar-refractivity contribution < 1.29 is 8.95 Å². The molecule has 1 heterocycles. The van der Waals surface area contributed by atoms with Crippen LogP contribution in [0.1, 0.15) is 19.3 Å². The van der Waals surface area contributed by atoms with Crippen molar-refractivity contribution in [2.75, 3.05) is 32.1 Å². The highest BCUT2D eigenvalue weighted by atomic mass is 32.2. The van der Waals surface area contributed by atoms with Crippen LogP contribution < -0.4 is 0 Å². The van der Waals surface area contributed by atoms with Gasteiger partial charge in [0.15, 0.2) is 0 Å². The summed E-state index contributed by atoms with van der Waals surface area (Å²) in [5.74, 6) is 1.43. The maximum absolute atomic E-state index is 12.3. The highest BCUT2D eigenvalue weighted by Crippen LogP contribution is 2.28. The van der Waals surface area contributed by atoms with Gasteiger partial charge in [0.1, 0.15) is 0 Å². The third kappa shape index (κ3) is 3.90. The summed E-state index contributed by atoms with van der Waals surface area (Å²) in [6, 6.07) is 10.6. The molecule has 0 radical (unpaired) electrons. The topological polar surface area (TPSA) is 29.5 Å². The van der Waals surface area contributed by atoms with Crippen LogP contribution in [0.5, 0.6) is 0 Å². The predicted octanol–water partition coefficient (Wildman–Crippen LogP) is 2.30. The van der Waals surface area contributed by atoms with Crippen molar-refractivity contribution in [3.8, 4) is 0 Å². The Kier molecular flexibility index (Phi) is 4.86. The zero-order valence-electron chi connectivity index (χ0n) is 11.9. The Morgan fingerprint density at radius 3 is 2.65 bits per heavy atom. The van der Waals surface area contributed by atoms with E-state index in [2.05, 4.69) is 4.90 Å². The van der Waals surface area contributed by atoms with Gasteiger partial charge in [-0.2, -0.15) is 0 Å². The molecule has 0 bridgehead atoms. The minimum Gasteiger partial charge on any atom is -0.381 e. The Morgan fingerprint density at radius 1 is 1.20 bits per heavy atom. The first kappa shape index (κ1) is 14.2. The van der Waals surface area contributed by atoms with Crippen LogP contribution in [-0.4, -0.2) is 47.2 Å². The molecule has 0 N–H and O–H groups in total. The van der Waals surface area contributed by atoms with E-state index in [9.17, 15) is 4.21 Å². The van der Waals surface area contributed by atoms with Crippen molar-refractivity contribution in [1.82, 2.24) is 4.90 Å². The maximum Gasteiger partial charge on any atom is 0.0542 e. The Morgan fingerprint density at radius 2 is 2.00 bits per heavy atom. The lowest BCUT2D eigenvalue weighted by Gasteiger charge is -2.24. The highest BCUT2D eigenvalue weighted by Gasteiger charge is 2.31. The largest absolute Gasteiger partial charge is 0.381 e. The minimum atomic E-state index is -0.869. The van der Waals surface area contributed by atoms with Gasteiger partial charge in [-0.3, -0.25) is 9.11 Å². The molecule has 0 amide bonds. The van der Waals surface area contributed by atoms with Crippen LogP contribution in [0.4, 0.5) is 0 Å². The molecule has 1 aliphatic carbocycles. The first-order valence-corrected chi connectivity index (χ1v) is 8.90. The van der Waals surface area contributed by atoms with Crippen molar-refractivity contribution in [3.05, 3.63) is 30.3 Å². The van der Waals surface area contributed by atoms with Crippen LogP contribution in [0.2, 0.25) is 0 Å². The normalized spacial score (nSPS) is 24.1. The molecule has 2 atom stereocenters. The second-order valence-electron chi connectivity index (χ2n) is 5.82. The molecule has 2 fully saturated rings. The van der Waals surface area contributed by atoms with Crippen LogP contribution in [-0.2, 0) is 15.5 Å². The molecule has 4 heteroatoms. The van der Waals surface area contributed by atoms with E-state index >= 15 is 0 Å². The summed E-state index contributed by atoms with van der Waals surface area (Å²) in [6.07, 6.45) is 3.81. The maximum atomic E-state index is 12.3. The van der Waals surface area contributed by atoms with E-state index in [0.29, 0.717) is 5.92 Å². The first-order valence-electron chi connectivity index (χ1n) is 7.58. The van der Waals surface area contributed by atoms with Crippen LogP contribution in [0.15, 0.2) is 35.2 Å². The molecule has 3 rings (SSSR count). The number of ether oxygens (including phenoxy) is 1. The van der Waals surface area contributed by atoms with E-state index in [0.717, 1.165) is 43.0 Å². The Bertz CT molecular complexity index is 441. The molecule has 2 unspecified atom stereocenters. The Hall–Kier alpha value is -0.710. The van der Waals surface area contributed by atoms with E-state index in [1.165, 1.54) is 19.3 Å². The lowest BCUT2D eigenvalue weighted by atomic mass is 10.1. The fourth-order valence-electron chi connectivity index (χ4n) is 2.81. The first-order chi connectivity index (χ1) is 9.83. The predicted molar refractivity (Wildman–Crippen MR) is 81.2 cm³/mol. The molecule has 0 aromatic heterocycles. The van der Waals surface area contributed by atoms with E-state index in [-0.39, 0.29) is 0 Å². The quantitative estimate of drug-likeness (QED) is 0.772. The zero-order chi connectivity index (χ0) is 13.8. The molecule has 0 spiro atoms. The summed E-state index contributed by atoms with van der Waals surface area (Å²) in [5, 5.41) is 0. The third-order valence-corrected chi connectivity index (χ3v) is 5.50. The summed E-state index contributed by atoms with van der Waals surface area (Å²) in [6.45, 7) is 3.89. The molecule has 2 aliphatic rings. The second-order valence-corrected chi connectivity index (χ2v) is 7.39. The number of hydrogen-bond acceptors (Lipinski definition) is 3. The van der Waals surface area contributed by atoms with E-state index in [1.807, 2.05) is 30.3 Å². The fourth-order valence-corrected chi connectivity index (χ4v) is 3.91. The molecule has 1 saturated heterocycles. The standard InChI is InChI=1S/C16H23NO2S/c18-20(16-4-2-1-3-5-16)11-9-17(15-6-7-15)12-14-8-10-19-13-14/h1-5,14-15H,6-13H2. The van der Waals surface area contributed by atoms with Crippen LogP contribution in [0, 0.1) is 5.92 Å². The third-order valence-electron chi connectivity index (χ3n) is 4.15. The summed E-state index contributed by atoms with van der Waals surface area (Å²) >= 11 is 0. The van der Waals surface area contributed by atoms with Gasteiger partial charge in [0.2, 0.25) is 0 Å². The smallest absolute Gasteiger partial charge is 0.0542 e. The summed E-state index contributed by atoms with van der Waals surface area (Å²) < 4.78 is 17.8. The van der Waals surface area contributed by atoms with Gasteiger partial charge in [0, 0.05) is 36.4 Å². The van der Waals surface area contributed by atoms with Gasteiger partial charge in [-0.1, -0.05) is 18.2 Å². The van der Waals surface area contributed by atoms with Crippen molar-refractivity contribution in [3.63, 3.8) is 0 Å². The van der Waals surface area contributed by atoms with Crippen molar-refractivity contribution in [2.45, 2.75) is 30.2 Å². The van der Waals surface area contributed by atoms with Gasteiger partial charge in [0.05, 0.1) is 17.4 Å².